The first kappa shape index (κ1) is 15.8. The third-order valence-corrected chi connectivity index (χ3v) is 3.77. The Hall–Kier alpha value is -1.59. The van der Waals surface area contributed by atoms with E-state index in [9.17, 15) is 9.90 Å². The van der Waals surface area contributed by atoms with Gasteiger partial charge in [0.2, 0.25) is 0 Å². The lowest BCUT2D eigenvalue weighted by Gasteiger charge is -2.22. The quantitative estimate of drug-likeness (QED) is 0.362. The molecule has 0 aliphatic heterocycles. The van der Waals surface area contributed by atoms with Crippen molar-refractivity contribution in [2.45, 2.75) is 32.6 Å². The van der Waals surface area contributed by atoms with Crippen LogP contribution < -0.4 is 0 Å². The summed E-state index contributed by atoms with van der Waals surface area (Å²) in [6, 6.07) is 5.30. The fourth-order valence-electron chi connectivity index (χ4n) is 2.86. The first-order valence-corrected chi connectivity index (χ1v) is 7.40. The van der Waals surface area contributed by atoms with Crippen LogP contribution in [0.15, 0.2) is 18.2 Å². The lowest BCUT2D eigenvalue weighted by Crippen LogP contribution is -2.28. The van der Waals surface area contributed by atoms with Gasteiger partial charge in [0, 0.05) is 5.92 Å². The van der Waals surface area contributed by atoms with E-state index < -0.39 is 0 Å². The van der Waals surface area contributed by atoms with E-state index in [1.807, 2.05) is 13.0 Å². The van der Waals surface area contributed by atoms with Crippen LogP contribution in [0.3, 0.4) is 0 Å². The van der Waals surface area contributed by atoms with E-state index in [-0.39, 0.29) is 30.2 Å². The molecule has 0 spiro atoms. The van der Waals surface area contributed by atoms with Gasteiger partial charge in [0.05, 0.1) is 25.7 Å². The number of esters is 1. The highest BCUT2D eigenvalue weighted by Crippen LogP contribution is 2.40. The molecule has 1 N–H and O–H groups in total. The first-order valence-electron chi connectivity index (χ1n) is 7.40. The number of phenols is 1. The van der Waals surface area contributed by atoms with Crippen LogP contribution in [0.25, 0.3) is 0 Å². The molecule has 21 heavy (non-hydrogen) atoms. The number of carbonyl (C=O) groups excluding carboxylic acids is 1. The van der Waals surface area contributed by atoms with Crippen LogP contribution in [0.4, 0.5) is 0 Å². The van der Waals surface area contributed by atoms with Gasteiger partial charge in [-0.2, -0.15) is 0 Å². The zero-order valence-corrected chi connectivity index (χ0v) is 12.5. The summed E-state index contributed by atoms with van der Waals surface area (Å²) >= 11 is 0. The van der Waals surface area contributed by atoms with Gasteiger partial charge in [0.15, 0.2) is 0 Å². The van der Waals surface area contributed by atoms with Crippen LogP contribution in [-0.2, 0) is 25.7 Å². The molecule has 0 aromatic heterocycles. The molecule has 0 saturated carbocycles. The van der Waals surface area contributed by atoms with Crippen LogP contribution in [0.5, 0.6) is 5.75 Å². The first-order chi connectivity index (χ1) is 10.2. The fraction of sp³-hybridized carbons (Fsp3) is 0.562. The highest BCUT2D eigenvalue weighted by atomic mass is 17.2. The van der Waals surface area contributed by atoms with Crippen molar-refractivity contribution in [3.8, 4) is 5.75 Å². The molecule has 2 unspecified atom stereocenters. The van der Waals surface area contributed by atoms with Crippen LogP contribution in [0.2, 0.25) is 0 Å². The molecule has 1 aromatic rings. The minimum absolute atomic E-state index is 0.0418. The van der Waals surface area contributed by atoms with Crippen LogP contribution >= 0.6 is 0 Å². The molecule has 5 heteroatoms. The maximum atomic E-state index is 12.2. The number of benzene rings is 1. The van der Waals surface area contributed by atoms with Gasteiger partial charge in [-0.15, -0.1) is 0 Å². The van der Waals surface area contributed by atoms with Gasteiger partial charge < -0.3 is 9.84 Å². The third-order valence-electron chi connectivity index (χ3n) is 3.77. The van der Waals surface area contributed by atoms with Crippen molar-refractivity contribution >= 4 is 5.97 Å². The van der Waals surface area contributed by atoms with Crippen molar-refractivity contribution in [2.24, 2.45) is 5.92 Å². The summed E-state index contributed by atoms with van der Waals surface area (Å²) < 4.78 is 5.16. The maximum absolute atomic E-state index is 12.2. The molecule has 0 radical (unpaired) electrons. The Morgan fingerprint density at radius 1 is 1.33 bits per heavy atom. The molecule has 0 heterocycles. The number of phenolic OH excluding ortho intramolecular Hbond substituents is 1. The monoisotopic (exact) mass is 294 g/mol. The van der Waals surface area contributed by atoms with E-state index in [0.29, 0.717) is 13.2 Å². The van der Waals surface area contributed by atoms with Gasteiger partial charge >= 0.3 is 5.97 Å². The molecule has 0 bridgehead atoms. The summed E-state index contributed by atoms with van der Waals surface area (Å²) in [5, 5.41) is 9.55. The number of fused-ring (bicyclic) bond motifs is 1. The molecule has 116 valence electrons. The summed E-state index contributed by atoms with van der Waals surface area (Å²) in [5.41, 5.74) is 2.18. The number of aryl methyl sites for hydroxylation is 1. The minimum Gasteiger partial charge on any atom is -0.508 e. The molecular formula is C16H22O5. The highest BCUT2D eigenvalue weighted by Gasteiger charge is 2.35. The van der Waals surface area contributed by atoms with Gasteiger partial charge in [-0.25, -0.2) is 9.78 Å². The summed E-state index contributed by atoms with van der Waals surface area (Å²) in [6.45, 7) is 4.58. The Morgan fingerprint density at radius 2 is 2.14 bits per heavy atom. The standard InChI is InChI=1S/C16H22O5/c1-3-19-16(18)15(10-21-20-4-2)14-7-5-11-9-12(17)6-8-13(11)14/h6,8-9,14-15,17H,3-5,7,10H2,1-2H3. The Morgan fingerprint density at radius 3 is 2.86 bits per heavy atom. The van der Waals surface area contributed by atoms with Gasteiger partial charge in [-0.3, -0.25) is 4.79 Å². The molecule has 1 aliphatic carbocycles. The number of hydrogen-bond acceptors (Lipinski definition) is 5. The largest absolute Gasteiger partial charge is 0.508 e. The highest BCUT2D eigenvalue weighted by molar-refractivity contribution is 5.74. The van der Waals surface area contributed by atoms with E-state index in [1.54, 1.807) is 19.1 Å². The molecule has 0 fully saturated rings. The zero-order valence-electron chi connectivity index (χ0n) is 12.5. The Bertz CT molecular complexity index is 486. The second kappa shape index (κ2) is 7.43. The number of hydrogen-bond donors (Lipinski definition) is 1. The summed E-state index contributed by atoms with van der Waals surface area (Å²) in [5.74, 6) is -0.349. The fourth-order valence-corrected chi connectivity index (χ4v) is 2.86. The zero-order chi connectivity index (χ0) is 15.2. The lowest BCUT2D eigenvalue weighted by molar-refractivity contribution is -0.298. The number of rotatable bonds is 7. The van der Waals surface area contributed by atoms with Crippen molar-refractivity contribution < 1.29 is 24.4 Å². The topological polar surface area (TPSA) is 65.0 Å². The van der Waals surface area contributed by atoms with Crippen LogP contribution in [0.1, 0.15) is 37.3 Å². The maximum Gasteiger partial charge on any atom is 0.312 e. The molecule has 1 aromatic carbocycles. The van der Waals surface area contributed by atoms with Crippen molar-refractivity contribution in [2.75, 3.05) is 19.8 Å². The molecule has 2 atom stereocenters. The second-order valence-corrected chi connectivity index (χ2v) is 5.08. The average molecular weight is 294 g/mol. The van der Waals surface area contributed by atoms with Crippen molar-refractivity contribution in [3.05, 3.63) is 29.3 Å². The third kappa shape index (κ3) is 3.74. The number of carbonyl (C=O) groups is 1. The molecule has 2 rings (SSSR count). The molecule has 0 saturated heterocycles. The molecule has 0 amide bonds. The van der Waals surface area contributed by atoms with E-state index in [1.165, 1.54) is 0 Å². The van der Waals surface area contributed by atoms with E-state index >= 15 is 0 Å². The van der Waals surface area contributed by atoms with Crippen molar-refractivity contribution in [1.82, 2.24) is 0 Å². The van der Waals surface area contributed by atoms with Gasteiger partial charge in [0.1, 0.15) is 5.75 Å². The second-order valence-electron chi connectivity index (χ2n) is 5.08. The lowest BCUT2D eigenvalue weighted by atomic mass is 9.88. The summed E-state index contributed by atoms with van der Waals surface area (Å²) in [6.07, 6.45) is 1.69. The molecule has 5 nitrogen and oxygen atoms in total. The van der Waals surface area contributed by atoms with Gasteiger partial charge in [0.25, 0.3) is 0 Å². The Labute approximate surface area is 124 Å². The average Bonchev–Trinajstić information content (AvgIpc) is 2.86. The summed E-state index contributed by atoms with van der Waals surface area (Å²) in [4.78, 5) is 22.2. The Balaban J connectivity index is 2.16. The normalized spacial score (nSPS) is 18.3. The minimum atomic E-state index is -0.387. The summed E-state index contributed by atoms with van der Waals surface area (Å²) in [7, 11) is 0. The van der Waals surface area contributed by atoms with Gasteiger partial charge in [-0.05, 0) is 49.9 Å². The van der Waals surface area contributed by atoms with Crippen molar-refractivity contribution in [1.29, 1.82) is 0 Å². The molecule has 1 aliphatic rings. The Kier molecular flexibility index (Phi) is 5.59. The van der Waals surface area contributed by atoms with Crippen LogP contribution in [0, 0.1) is 5.92 Å². The SMILES string of the molecule is CCOOCC(C(=O)OCC)C1CCc2cc(O)ccc21. The smallest absolute Gasteiger partial charge is 0.312 e. The van der Waals surface area contributed by atoms with Gasteiger partial charge in [-0.1, -0.05) is 6.07 Å². The van der Waals surface area contributed by atoms with Crippen molar-refractivity contribution in [3.63, 3.8) is 0 Å². The van der Waals surface area contributed by atoms with E-state index in [0.717, 1.165) is 24.0 Å². The van der Waals surface area contributed by atoms with E-state index in [2.05, 4.69) is 0 Å². The number of ether oxygens (including phenoxy) is 1. The number of aromatic hydroxyl groups is 1. The molecular weight excluding hydrogens is 272 g/mol. The van der Waals surface area contributed by atoms with E-state index in [4.69, 9.17) is 14.5 Å². The predicted octanol–water partition coefficient (Wildman–Crippen LogP) is 2.57. The predicted molar refractivity (Wildman–Crippen MR) is 76.9 cm³/mol. The van der Waals surface area contributed by atoms with Crippen LogP contribution in [-0.4, -0.2) is 30.9 Å².